The molecule has 2 fully saturated rings. The Kier molecular flexibility index (Phi) is 5.44. The van der Waals surface area contributed by atoms with Crippen LogP contribution in [0.1, 0.15) is 28.3 Å². The van der Waals surface area contributed by atoms with Crippen LogP contribution >= 0.6 is 11.3 Å². The second-order valence-corrected chi connectivity index (χ2v) is 9.11. The maximum absolute atomic E-state index is 10.6. The molecule has 0 amide bonds. The number of rotatable bonds is 3. The molecule has 0 radical (unpaired) electrons. The number of benzene rings is 1. The molecular weight excluding hydrogens is 401 g/mol. The van der Waals surface area contributed by atoms with Gasteiger partial charge in [0.25, 0.3) is 0 Å². The summed E-state index contributed by atoms with van der Waals surface area (Å²) in [6.45, 7) is 6.08. The monoisotopic (exact) mass is 424 g/mol. The van der Waals surface area contributed by atoms with Gasteiger partial charge in [-0.1, -0.05) is 30.3 Å². The Labute approximate surface area is 171 Å². The van der Waals surface area contributed by atoms with E-state index in [0.717, 1.165) is 12.5 Å². The minimum absolute atomic E-state index is 0.563. The van der Waals surface area contributed by atoms with Gasteiger partial charge >= 0.3 is 12.1 Å². The summed E-state index contributed by atoms with van der Waals surface area (Å²) in [5.74, 6) is -1.25. The third kappa shape index (κ3) is 4.34. The normalized spacial score (nSPS) is 28.1. The highest BCUT2D eigenvalue weighted by Crippen LogP contribution is 2.55. The summed E-state index contributed by atoms with van der Waals surface area (Å²) in [7, 11) is 0. The molecule has 1 aliphatic carbocycles. The van der Waals surface area contributed by atoms with E-state index >= 15 is 0 Å². The van der Waals surface area contributed by atoms with Gasteiger partial charge in [-0.3, -0.25) is 4.90 Å². The molecule has 156 valence electrons. The average Bonchev–Trinajstić information content (AvgIpc) is 3.05. The summed E-state index contributed by atoms with van der Waals surface area (Å²) in [6, 6.07) is 13.6. The van der Waals surface area contributed by atoms with Gasteiger partial charge in [0, 0.05) is 37.0 Å². The zero-order valence-corrected chi connectivity index (χ0v) is 16.6. The van der Waals surface area contributed by atoms with Crippen LogP contribution in [0.15, 0.2) is 41.8 Å². The van der Waals surface area contributed by atoms with Crippen LogP contribution in [-0.2, 0) is 11.3 Å². The first-order valence-corrected chi connectivity index (χ1v) is 10.5. The van der Waals surface area contributed by atoms with E-state index in [1.807, 2.05) is 11.3 Å². The highest BCUT2D eigenvalue weighted by atomic mass is 32.1. The number of thiophene rings is 1. The van der Waals surface area contributed by atoms with Gasteiger partial charge in [0.05, 0.1) is 0 Å². The summed E-state index contributed by atoms with van der Waals surface area (Å²) in [6.07, 6.45) is -3.64. The highest BCUT2D eigenvalue weighted by Gasteiger charge is 2.57. The Morgan fingerprint density at radius 1 is 1.28 bits per heavy atom. The van der Waals surface area contributed by atoms with E-state index < -0.39 is 12.1 Å². The lowest BCUT2D eigenvalue weighted by Gasteiger charge is -2.36. The van der Waals surface area contributed by atoms with Crippen LogP contribution in [0.2, 0.25) is 0 Å². The SMILES string of the molecule is O=C(O)C(F)(F)F.c1csc(C2CN(CC34CNCC3C4)Cc3ccccc32)c1. The number of hydrogen-bond acceptors (Lipinski definition) is 4. The lowest BCUT2D eigenvalue weighted by molar-refractivity contribution is -0.192. The summed E-state index contributed by atoms with van der Waals surface area (Å²) in [5, 5.41) is 12.9. The minimum atomic E-state index is -5.08. The zero-order chi connectivity index (χ0) is 20.6. The Bertz CT molecular complexity index is 871. The third-order valence-corrected chi connectivity index (χ3v) is 7.15. The van der Waals surface area contributed by atoms with Crippen LogP contribution in [-0.4, -0.2) is 48.3 Å². The first-order valence-electron chi connectivity index (χ1n) is 9.63. The van der Waals surface area contributed by atoms with E-state index in [4.69, 9.17) is 9.90 Å². The van der Waals surface area contributed by atoms with Crippen LogP contribution in [0.4, 0.5) is 13.2 Å². The van der Waals surface area contributed by atoms with Crippen molar-refractivity contribution in [3.05, 3.63) is 57.8 Å². The molecule has 0 bridgehead atoms. The van der Waals surface area contributed by atoms with Gasteiger partial charge in [0.1, 0.15) is 0 Å². The lowest BCUT2D eigenvalue weighted by atomic mass is 9.88. The molecule has 4 nitrogen and oxygen atoms in total. The molecule has 3 heterocycles. The molecular formula is C21H23F3N2O2S. The van der Waals surface area contributed by atoms with Crippen LogP contribution in [0.5, 0.6) is 0 Å². The third-order valence-electron chi connectivity index (χ3n) is 6.16. The number of nitrogens with zero attached hydrogens (tertiary/aromatic N) is 1. The molecule has 8 heteroatoms. The van der Waals surface area contributed by atoms with E-state index in [9.17, 15) is 13.2 Å². The number of carboxylic acids is 1. The number of hydrogen-bond donors (Lipinski definition) is 2. The average molecular weight is 424 g/mol. The molecule has 5 rings (SSSR count). The van der Waals surface area contributed by atoms with E-state index in [-0.39, 0.29) is 0 Å². The first kappa shape index (κ1) is 20.4. The maximum Gasteiger partial charge on any atom is 0.490 e. The highest BCUT2D eigenvalue weighted by molar-refractivity contribution is 7.10. The van der Waals surface area contributed by atoms with Crippen molar-refractivity contribution in [1.29, 1.82) is 0 Å². The molecule has 1 aromatic heterocycles. The fraction of sp³-hybridized carbons (Fsp3) is 0.476. The quantitative estimate of drug-likeness (QED) is 0.784. The molecule has 1 saturated carbocycles. The molecule has 3 unspecified atom stereocenters. The van der Waals surface area contributed by atoms with E-state index in [2.05, 4.69) is 52.0 Å². The fourth-order valence-corrected chi connectivity index (χ4v) is 5.50. The van der Waals surface area contributed by atoms with Crippen molar-refractivity contribution in [2.24, 2.45) is 11.3 Å². The zero-order valence-electron chi connectivity index (χ0n) is 15.8. The second kappa shape index (κ2) is 7.74. The van der Waals surface area contributed by atoms with Crippen LogP contribution in [0.25, 0.3) is 0 Å². The van der Waals surface area contributed by atoms with Gasteiger partial charge in [-0.15, -0.1) is 11.3 Å². The molecule has 2 N–H and O–H groups in total. The Morgan fingerprint density at radius 2 is 2.03 bits per heavy atom. The van der Waals surface area contributed by atoms with E-state index in [1.165, 1.54) is 43.0 Å². The largest absolute Gasteiger partial charge is 0.490 e. The van der Waals surface area contributed by atoms with Crippen molar-refractivity contribution in [2.75, 3.05) is 26.2 Å². The standard InChI is InChI=1S/C19H22N2S.C2HF3O2/c1-2-5-16-14(4-1)10-21(11-17(16)18-6-3-7-22-18)13-19-8-15(19)9-20-12-19;3-2(4,5)1(6)7/h1-7,15,17,20H,8-13H2;(H,6,7). The second-order valence-electron chi connectivity index (χ2n) is 8.13. The molecule has 1 aromatic carbocycles. The Hall–Kier alpha value is -1.90. The number of halogens is 3. The number of piperidine rings is 1. The molecule has 1 saturated heterocycles. The predicted octanol–water partition coefficient (Wildman–Crippen LogP) is 3.94. The Morgan fingerprint density at radius 3 is 2.62 bits per heavy atom. The number of carboxylic acid groups (broad SMARTS) is 1. The molecule has 2 aliphatic heterocycles. The van der Waals surface area contributed by atoms with Gasteiger partial charge in [0.15, 0.2) is 0 Å². The molecule has 3 atom stereocenters. The van der Waals surface area contributed by atoms with Crippen molar-refractivity contribution in [2.45, 2.75) is 25.1 Å². The van der Waals surface area contributed by atoms with Crippen LogP contribution in [0.3, 0.4) is 0 Å². The van der Waals surface area contributed by atoms with Gasteiger partial charge in [0.2, 0.25) is 0 Å². The molecule has 29 heavy (non-hydrogen) atoms. The van der Waals surface area contributed by atoms with Crippen molar-refractivity contribution in [1.82, 2.24) is 10.2 Å². The smallest absolute Gasteiger partial charge is 0.475 e. The minimum Gasteiger partial charge on any atom is -0.475 e. The van der Waals surface area contributed by atoms with E-state index in [0.29, 0.717) is 11.3 Å². The summed E-state index contributed by atoms with van der Waals surface area (Å²) in [4.78, 5) is 13.1. The van der Waals surface area contributed by atoms with Crippen molar-refractivity contribution in [3.8, 4) is 0 Å². The predicted molar refractivity (Wildman–Crippen MR) is 105 cm³/mol. The first-order chi connectivity index (χ1) is 13.8. The summed E-state index contributed by atoms with van der Waals surface area (Å²) < 4.78 is 31.7. The number of alkyl halides is 3. The van der Waals surface area contributed by atoms with Gasteiger partial charge in [-0.25, -0.2) is 4.79 Å². The van der Waals surface area contributed by atoms with Crippen molar-refractivity contribution in [3.63, 3.8) is 0 Å². The Balaban J connectivity index is 0.000000255. The van der Waals surface area contributed by atoms with Crippen molar-refractivity contribution >= 4 is 17.3 Å². The molecule has 3 aliphatic rings. The van der Waals surface area contributed by atoms with Gasteiger partial charge in [-0.05, 0) is 46.9 Å². The van der Waals surface area contributed by atoms with Crippen LogP contribution in [0, 0.1) is 11.3 Å². The molecule has 2 aromatic rings. The van der Waals surface area contributed by atoms with Crippen molar-refractivity contribution < 1.29 is 23.1 Å². The fourth-order valence-electron chi connectivity index (χ4n) is 4.66. The summed E-state index contributed by atoms with van der Waals surface area (Å²) >= 11 is 1.91. The number of carbonyl (C=O) groups is 1. The number of nitrogens with one attached hydrogen (secondary N) is 1. The van der Waals surface area contributed by atoms with E-state index in [1.54, 1.807) is 5.56 Å². The lowest BCUT2D eigenvalue weighted by Crippen LogP contribution is -2.39. The number of aliphatic carboxylic acids is 1. The molecule has 0 spiro atoms. The van der Waals surface area contributed by atoms with Gasteiger partial charge < -0.3 is 10.4 Å². The van der Waals surface area contributed by atoms with Crippen LogP contribution < -0.4 is 5.32 Å². The van der Waals surface area contributed by atoms with Gasteiger partial charge in [-0.2, -0.15) is 13.2 Å². The topological polar surface area (TPSA) is 52.6 Å². The summed E-state index contributed by atoms with van der Waals surface area (Å²) in [5.41, 5.74) is 3.69. The maximum atomic E-state index is 10.6. The number of fused-ring (bicyclic) bond motifs is 2.